The fraction of sp³-hybridized carbons (Fsp3) is 0.778. The third-order valence-electron chi connectivity index (χ3n) is 2.69. The van der Waals surface area contributed by atoms with Gasteiger partial charge in [0.25, 0.3) is 0 Å². The van der Waals surface area contributed by atoms with E-state index in [4.69, 9.17) is 5.73 Å². The third-order valence-corrected chi connectivity index (χ3v) is 2.69. The van der Waals surface area contributed by atoms with Crippen LogP contribution in [0.2, 0.25) is 0 Å². The van der Waals surface area contributed by atoms with Crippen LogP contribution in [0, 0.1) is 5.92 Å². The molecule has 0 aromatic carbocycles. The van der Waals surface area contributed by atoms with Crippen molar-refractivity contribution >= 4 is 0 Å². The molecule has 0 spiro atoms. The van der Waals surface area contributed by atoms with E-state index in [2.05, 4.69) is 13.0 Å². The van der Waals surface area contributed by atoms with Crippen LogP contribution in [-0.2, 0) is 0 Å². The number of hydrogen-bond donors (Lipinski definition) is 1. The Hall–Kier alpha value is -0.300. The van der Waals surface area contributed by atoms with Crippen LogP contribution in [0.4, 0.5) is 0 Å². The van der Waals surface area contributed by atoms with E-state index in [1.165, 1.54) is 25.7 Å². The van der Waals surface area contributed by atoms with E-state index in [1.54, 1.807) is 5.57 Å². The molecule has 1 heteroatoms. The van der Waals surface area contributed by atoms with Crippen molar-refractivity contribution in [2.45, 2.75) is 38.1 Å². The molecule has 2 atom stereocenters. The average molecular weight is 137 g/mol. The zero-order valence-corrected chi connectivity index (χ0v) is 6.56. The van der Waals surface area contributed by atoms with Gasteiger partial charge in [0.1, 0.15) is 0 Å². The van der Waals surface area contributed by atoms with Crippen molar-refractivity contribution in [3.8, 4) is 0 Å². The number of allylic oxidation sites excluding steroid dienone is 1. The van der Waals surface area contributed by atoms with E-state index in [-0.39, 0.29) is 5.54 Å². The van der Waals surface area contributed by atoms with Crippen molar-refractivity contribution in [2.75, 3.05) is 0 Å². The summed E-state index contributed by atoms with van der Waals surface area (Å²) in [7, 11) is 0. The summed E-state index contributed by atoms with van der Waals surface area (Å²) in [5.74, 6) is 0.912. The molecule has 0 amide bonds. The average Bonchev–Trinajstić information content (AvgIpc) is 2.08. The first-order valence-corrected chi connectivity index (χ1v) is 4.15. The van der Waals surface area contributed by atoms with Gasteiger partial charge < -0.3 is 5.73 Å². The SMILES string of the molecule is CC1(N)C=C2CCC(C2)C1. The summed E-state index contributed by atoms with van der Waals surface area (Å²) >= 11 is 0. The molecule has 0 heterocycles. The van der Waals surface area contributed by atoms with Gasteiger partial charge in [0.05, 0.1) is 0 Å². The molecule has 0 aromatic rings. The largest absolute Gasteiger partial charge is 0.322 e. The first-order valence-electron chi connectivity index (χ1n) is 4.15. The maximum absolute atomic E-state index is 6.02. The summed E-state index contributed by atoms with van der Waals surface area (Å²) in [5.41, 5.74) is 7.66. The molecule has 10 heavy (non-hydrogen) atoms. The molecular formula is C9H15N. The van der Waals surface area contributed by atoms with Gasteiger partial charge >= 0.3 is 0 Å². The Bertz CT molecular complexity index is 179. The van der Waals surface area contributed by atoms with E-state index < -0.39 is 0 Å². The second kappa shape index (κ2) is 1.85. The van der Waals surface area contributed by atoms with E-state index in [0.717, 1.165) is 5.92 Å². The zero-order chi connectivity index (χ0) is 7.19. The van der Waals surface area contributed by atoms with E-state index in [9.17, 15) is 0 Å². The van der Waals surface area contributed by atoms with Gasteiger partial charge in [-0.25, -0.2) is 0 Å². The van der Waals surface area contributed by atoms with Gasteiger partial charge in [0, 0.05) is 5.54 Å². The van der Waals surface area contributed by atoms with Crippen molar-refractivity contribution < 1.29 is 0 Å². The number of fused-ring (bicyclic) bond motifs is 2. The molecule has 2 rings (SSSR count). The molecular weight excluding hydrogens is 122 g/mol. The molecule has 0 aromatic heterocycles. The van der Waals surface area contributed by atoms with Crippen LogP contribution in [0.15, 0.2) is 11.6 Å². The van der Waals surface area contributed by atoms with E-state index in [1.807, 2.05) is 0 Å². The van der Waals surface area contributed by atoms with Gasteiger partial charge in [-0.05, 0) is 38.5 Å². The number of hydrogen-bond acceptors (Lipinski definition) is 1. The molecule has 56 valence electrons. The lowest BCUT2D eigenvalue weighted by Crippen LogP contribution is -2.37. The van der Waals surface area contributed by atoms with Crippen LogP contribution in [0.3, 0.4) is 0 Å². The fourth-order valence-corrected chi connectivity index (χ4v) is 2.42. The van der Waals surface area contributed by atoms with Crippen LogP contribution in [0.25, 0.3) is 0 Å². The summed E-state index contributed by atoms with van der Waals surface area (Å²) in [6, 6.07) is 0. The summed E-state index contributed by atoms with van der Waals surface area (Å²) in [6.07, 6.45) is 7.54. The van der Waals surface area contributed by atoms with E-state index >= 15 is 0 Å². The van der Waals surface area contributed by atoms with Crippen LogP contribution in [0.1, 0.15) is 32.6 Å². The molecule has 0 saturated heterocycles. The maximum Gasteiger partial charge on any atom is 0.0315 e. The fourth-order valence-electron chi connectivity index (χ4n) is 2.42. The molecule has 1 nitrogen and oxygen atoms in total. The molecule has 2 unspecified atom stereocenters. The molecule has 2 aliphatic carbocycles. The lowest BCUT2D eigenvalue weighted by atomic mass is 9.84. The minimum absolute atomic E-state index is 0.0226. The van der Waals surface area contributed by atoms with Crippen molar-refractivity contribution in [3.63, 3.8) is 0 Å². The minimum atomic E-state index is 0.0226. The summed E-state index contributed by atoms with van der Waals surface area (Å²) in [4.78, 5) is 0. The van der Waals surface area contributed by atoms with Crippen LogP contribution in [-0.4, -0.2) is 5.54 Å². The van der Waals surface area contributed by atoms with Crippen molar-refractivity contribution in [3.05, 3.63) is 11.6 Å². The lowest BCUT2D eigenvalue weighted by molar-refractivity contribution is 0.389. The minimum Gasteiger partial charge on any atom is -0.322 e. The van der Waals surface area contributed by atoms with Crippen LogP contribution >= 0.6 is 0 Å². The van der Waals surface area contributed by atoms with Gasteiger partial charge in [-0.1, -0.05) is 11.6 Å². The summed E-state index contributed by atoms with van der Waals surface area (Å²) < 4.78 is 0. The Balaban J connectivity index is 2.28. The number of nitrogens with two attached hydrogens (primary N) is 1. The zero-order valence-electron chi connectivity index (χ0n) is 6.56. The number of rotatable bonds is 0. The second-order valence-corrected chi connectivity index (χ2v) is 4.12. The highest BCUT2D eigenvalue weighted by Gasteiger charge is 2.31. The van der Waals surface area contributed by atoms with Crippen LogP contribution in [0.5, 0.6) is 0 Å². The molecule has 0 aliphatic heterocycles. The standard InChI is InChI=1S/C9H15N/c1-9(10)5-7-2-3-8(4-7)6-9/h5,8H,2-4,6,10H2,1H3. The smallest absolute Gasteiger partial charge is 0.0315 e. The van der Waals surface area contributed by atoms with Gasteiger partial charge in [-0.2, -0.15) is 0 Å². The Morgan fingerprint density at radius 2 is 2.50 bits per heavy atom. The van der Waals surface area contributed by atoms with Gasteiger partial charge in [0.2, 0.25) is 0 Å². The molecule has 1 fully saturated rings. The monoisotopic (exact) mass is 137 g/mol. The first-order chi connectivity index (χ1) is 4.66. The molecule has 2 N–H and O–H groups in total. The van der Waals surface area contributed by atoms with Gasteiger partial charge in [-0.3, -0.25) is 0 Å². The topological polar surface area (TPSA) is 26.0 Å². The van der Waals surface area contributed by atoms with E-state index in [0.29, 0.717) is 0 Å². The first kappa shape index (κ1) is 6.41. The van der Waals surface area contributed by atoms with Gasteiger partial charge in [-0.15, -0.1) is 0 Å². The predicted molar refractivity (Wildman–Crippen MR) is 42.6 cm³/mol. The quantitative estimate of drug-likeness (QED) is 0.506. The Morgan fingerprint density at radius 1 is 1.70 bits per heavy atom. The van der Waals surface area contributed by atoms with Crippen LogP contribution < -0.4 is 5.73 Å². The Kier molecular flexibility index (Phi) is 1.19. The van der Waals surface area contributed by atoms with Gasteiger partial charge in [0.15, 0.2) is 0 Å². The normalized spacial score (nSPS) is 45.4. The third kappa shape index (κ3) is 0.988. The van der Waals surface area contributed by atoms with Crippen molar-refractivity contribution in [2.24, 2.45) is 11.7 Å². The molecule has 1 saturated carbocycles. The van der Waals surface area contributed by atoms with Crippen molar-refractivity contribution in [1.29, 1.82) is 0 Å². The highest BCUT2D eigenvalue weighted by molar-refractivity contribution is 5.21. The predicted octanol–water partition coefficient (Wildman–Crippen LogP) is 1.83. The highest BCUT2D eigenvalue weighted by atomic mass is 14.7. The second-order valence-electron chi connectivity index (χ2n) is 4.12. The molecule has 2 aliphatic rings. The molecule has 2 bridgehead atoms. The summed E-state index contributed by atoms with van der Waals surface area (Å²) in [6.45, 7) is 2.14. The Morgan fingerprint density at radius 3 is 3.20 bits per heavy atom. The van der Waals surface area contributed by atoms with Crippen molar-refractivity contribution in [1.82, 2.24) is 0 Å². The molecule has 0 radical (unpaired) electrons. The highest BCUT2D eigenvalue weighted by Crippen LogP contribution is 2.40. The maximum atomic E-state index is 6.02. The summed E-state index contributed by atoms with van der Waals surface area (Å²) in [5, 5.41) is 0. The Labute approximate surface area is 62.3 Å². The lowest BCUT2D eigenvalue weighted by Gasteiger charge is -2.27.